The highest BCUT2D eigenvalue weighted by Gasteiger charge is 2.02. The SMILES string of the molecule is CC(C)NCCCCOc1cccc2cccnc12. The van der Waals surface area contributed by atoms with Crippen molar-refractivity contribution in [2.45, 2.75) is 32.7 Å². The van der Waals surface area contributed by atoms with E-state index in [1.54, 1.807) is 0 Å². The number of benzene rings is 1. The molecule has 0 fully saturated rings. The van der Waals surface area contributed by atoms with Gasteiger partial charge in [0.2, 0.25) is 0 Å². The molecule has 0 atom stereocenters. The van der Waals surface area contributed by atoms with Crippen LogP contribution in [0.3, 0.4) is 0 Å². The van der Waals surface area contributed by atoms with Gasteiger partial charge in [-0.1, -0.05) is 32.0 Å². The molecule has 1 heterocycles. The second-order valence-corrected chi connectivity index (χ2v) is 5.00. The van der Waals surface area contributed by atoms with Gasteiger partial charge in [-0.3, -0.25) is 4.98 Å². The van der Waals surface area contributed by atoms with E-state index in [9.17, 15) is 0 Å². The van der Waals surface area contributed by atoms with Crippen LogP contribution < -0.4 is 10.1 Å². The van der Waals surface area contributed by atoms with Crippen molar-refractivity contribution >= 4 is 10.9 Å². The van der Waals surface area contributed by atoms with Crippen LogP contribution in [0, 0.1) is 0 Å². The first-order valence-corrected chi connectivity index (χ1v) is 6.97. The lowest BCUT2D eigenvalue weighted by atomic mass is 10.2. The van der Waals surface area contributed by atoms with Crippen LogP contribution in [0.15, 0.2) is 36.5 Å². The Bertz CT molecular complexity index is 506. The van der Waals surface area contributed by atoms with Crippen LogP contribution in [0.1, 0.15) is 26.7 Å². The molecule has 2 aromatic rings. The van der Waals surface area contributed by atoms with E-state index < -0.39 is 0 Å². The first-order chi connectivity index (χ1) is 9.27. The summed E-state index contributed by atoms with van der Waals surface area (Å²) in [6, 6.07) is 10.6. The maximum atomic E-state index is 5.84. The summed E-state index contributed by atoms with van der Waals surface area (Å²) in [5, 5.41) is 4.53. The van der Waals surface area contributed by atoms with Crippen LogP contribution in [-0.2, 0) is 0 Å². The lowest BCUT2D eigenvalue weighted by Gasteiger charge is -2.10. The molecule has 0 saturated carbocycles. The van der Waals surface area contributed by atoms with Gasteiger partial charge in [0.05, 0.1) is 6.61 Å². The lowest BCUT2D eigenvalue weighted by molar-refractivity contribution is 0.308. The van der Waals surface area contributed by atoms with Crippen LogP contribution in [0.25, 0.3) is 10.9 Å². The van der Waals surface area contributed by atoms with Crippen molar-refractivity contribution in [3.8, 4) is 5.75 Å². The van der Waals surface area contributed by atoms with Crippen molar-refractivity contribution in [1.29, 1.82) is 0 Å². The highest BCUT2D eigenvalue weighted by molar-refractivity contribution is 5.84. The Hall–Kier alpha value is -1.61. The molecule has 1 N–H and O–H groups in total. The average Bonchev–Trinajstić information content (AvgIpc) is 2.42. The average molecular weight is 258 g/mol. The second kappa shape index (κ2) is 7.10. The van der Waals surface area contributed by atoms with Gasteiger partial charge in [-0.25, -0.2) is 0 Å². The molecule has 0 aliphatic rings. The summed E-state index contributed by atoms with van der Waals surface area (Å²) in [7, 11) is 0. The predicted molar refractivity (Wildman–Crippen MR) is 79.6 cm³/mol. The molecule has 0 radical (unpaired) electrons. The monoisotopic (exact) mass is 258 g/mol. The van der Waals surface area contributed by atoms with Crippen molar-refractivity contribution in [2.24, 2.45) is 0 Å². The highest BCUT2D eigenvalue weighted by atomic mass is 16.5. The molecule has 2 rings (SSSR count). The molecule has 0 amide bonds. The number of nitrogens with one attached hydrogen (secondary N) is 1. The van der Waals surface area contributed by atoms with Gasteiger partial charge in [-0.15, -0.1) is 0 Å². The van der Waals surface area contributed by atoms with Gasteiger partial charge in [-0.2, -0.15) is 0 Å². The number of ether oxygens (including phenoxy) is 1. The fraction of sp³-hybridized carbons (Fsp3) is 0.438. The fourth-order valence-corrected chi connectivity index (χ4v) is 1.99. The van der Waals surface area contributed by atoms with Crippen LogP contribution >= 0.6 is 0 Å². The van der Waals surface area contributed by atoms with Gasteiger partial charge in [0.1, 0.15) is 11.3 Å². The van der Waals surface area contributed by atoms with Gasteiger partial charge in [0.15, 0.2) is 0 Å². The minimum absolute atomic E-state index is 0.559. The molecule has 3 nitrogen and oxygen atoms in total. The number of hydrogen-bond acceptors (Lipinski definition) is 3. The summed E-state index contributed by atoms with van der Waals surface area (Å²) >= 11 is 0. The Morgan fingerprint density at radius 3 is 2.84 bits per heavy atom. The summed E-state index contributed by atoms with van der Waals surface area (Å²) < 4.78 is 5.84. The normalized spacial score (nSPS) is 11.1. The van der Waals surface area contributed by atoms with E-state index in [2.05, 4.69) is 36.3 Å². The number of hydrogen-bond donors (Lipinski definition) is 1. The van der Waals surface area contributed by atoms with Gasteiger partial charge in [-0.05, 0) is 31.5 Å². The molecule has 102 valence electrons. The summed E-state index contributed by atoms with van der Waals surface area (Å²) in [4.78, 5) is 4.38. The topological polar surface area (TPSA) is 34.1 Å². The molecule has 0 aliphatic heterocycles. The van der Waals surface area contributed by atoms with E-state index in [-0.39, 0.29) is 0 Å². The van der Waals surface area contributed by atoms with E-state index in [1.807, 2.05) is 24.4 Å². The zero-order valence-corrected chi connectivity index (χ0v) is 11.7. The second-order valence-electron chi connectivity index (χ2n) is 5.00. The van der Waals surface area contributed by atoms with Crippen molar-refractivity contribution in [1.82, 2.24) is 10.3 Å². The number of nitrogens with zero attached hydrogens (tertiary/aromatic N) is 1. The molecule has 3 heteroatoms. The molecule has 19 heavy (non-hydrogen) atoms. The van der Waals surface area contributed by atoms with Gasteiger partial charge in [0, 0.05) is 17.6 Å². The summed E-state index contributed by atoms with van der Waals surface area (Å²) in [5.74, 6) is 0.884. The number of para-hydroxylation sites is 1. The highest BCUT2D eigenvalue weighted by Crippen LogP contribution is 2.22. The number of unbranched alkanes of at least 4 members (excludes halogenated alkanes) is 1. The van der Waals surface area contributed by atoms with Crippen LogP contribution in [0.2, 0.25) is 0 Å². The van der Waals surface area contributed by atoms with Crippen molar-refractivity contribution < 1.29 is 4.74 Å². The Labute approximate surface area is 115 Å². The van der Waals surface area contributed by atoms with Gasteiger partial charge < -0.3 is 10.1 Å². The maximum absolute atomic E-state index is 5.84. The summed E-state index contributed by atoms with van der Waals surface area (Å²) in [5.41, 5.74) is 0.949. The molecule has 1 aromatic carbocycles. The number of aromatic nitrogens is 1. The van der Waals surface area contributed by atoms with Crippen LogP contribution in [0.5, 0.6) is 5.75 Å². The Kier molecular flexibility index (Phi) is 5.16. The van der Waals surface area contributed by atoms with E-state index >= 15 is 0 Å². The third-order valence-corrected chi connectivity index (χ3v) is 2.98. The summed E-state index contributed by atoms with van der Waals surface area (Å²) in [6.07, 6.45) is 4.00. The third kappa shape index (κ3) is 4.21. The lowest BCUT2D eigenvalue weighted by Crippen LogP contribution is -2.23. The minimum Gasteiger partial charge on any atom is -0.491 e. The van der Waals surface area contributed by atoms with Crippen LogP contribution in [0.4, 0.5) is 0 Å². The summed E-state index contributed by atoms with van der Waals surface area (Å²) in [6.45, 7) is 6.13. The van der Waals surface area contributed by atoms with E-state index in [0.29, 0.717) is 6.04 Å². The zero-order valence-electron chi connectivity index (χ0n) is 11.7. The fourth-order valence-electron chi connectivity index (χ4n) is 1.99. The minimum atomic E-state index is 0.559. The molecule has 1 aromatic heterocycles. The molecule has 0 spiro atoms. The zero-order chi connectivity index (χ0) is 13.5. The van der Waals surface area contributed by atoms with E-state index in [1.165, 1.54) is 0 Å². The maximum Gasteiger partial charge on any atom is 0.145 e. The van der Waals surface area contributed by atoms with Crippen molar-refractivity contribution in [2.75, 3.05) is 13.2 Å². The molecular weight excluding hydrogens is 236 g/mol. The smallest absolute Gasteiger partial charge is 0.145 e. The van der Waals surface area contributed by atoms with Crippen LogP contribution in [-0.4, -0.2) is 24.2 Å². The standard InChI is InChI=1S/C16H22N2O/c1-13(2)17-10-3-4-12-19-15-9-5-7-14-8-6-11-18-16(14)15/h5-9,11,13,17H,3-4,10,12H2,1-2H3. The van der Waals surface area contributed by atoms with Crippen molar-refractivity contribution in [3.63, 3.8) is 0 Å². The first-order valence-electron chi connectivity index (χ1n) is 6.97. The molecular formula is C16H22N2O. The molecule has 0 bridgehead atoms. The Morgan fingerprint density at radius 1 is 1.16 bits per heavy atom. The predicted octanol–water partition coefficient (Wildman–Crippen LogP) is 3.39. The number of rotatable bonds is 7. The largest absolute Gasteiger partial charge is 0.491 e. The first kappa shape index (κ1) is 13.8. The quantitative estimate of drug-likeness (QED) is 0.773. The third-order valence-electron chi connectivity index (χ3n) is 2.98. The van der Waals surface area contributed by atoms with Gasteiger partial charge >= 0.3 is 0 Å². The van der Waals surface area contributed by atoms with Gasteiger partial charge in [0.25, 0.3) is 0 Å². The molecule has 0 unspecified atom stereocenters. The Morgan fingerprint density at radius 2 is 2.00 bits per heavy atom. The van der Waals surface area contributed by atoms with E-state index in [4.69, 9.17) is 4.74 Å². The molecule has 0 aliphatic carbocycles. The molecule has 0 saturated heterocycles. The Balaban J connectivity index is 1.82. The number of pyridine rings is 1. The van der Waals surface area contributed by atoms with E-state index in [0.717, 1.165) is 42.6 Å². The van der Waals surface area contributed by atoms with Crippen molar-refractivity contribution in [3.05, 3.63) is 36.5 Å². The number of fused-ring (bicyclic) bond motifs is 1.